The smallest absolute Gasteiger partial charge is 0.338 e. The largest absolute Gasteiger partial charge is 0.478 e. The summed E-state index contributed by atoms with van der Waals surface area (Å²) in [6.45, 7) is 2.56. The summed E-state index contributed by atoms with van der Waals surface area (Å²) in [5, 5.41) is 13.4. The maximum Gasteiger partial charge on any atom is 0.338 e. The van der Waals surface area contributed by atoms with Crippen molar-refractivity contribution in [2.75, 3.05) is 11.9 Å². The Morgan fingerprint density at radius 1 is 1.39 bits per heavy atom. The van der Waals surface area contributed by atoms with Crippen LogP contribution in [0.1, 0.15) is 20.8 Å². The Morgan fingerprint density at radius 2 is 2.00 bits per heavy atom. The van der Waals surface area contributed by atoms with Crippen LogP contribution in [0.2, 0.25) is 0 Å². The van der Waals surface area contributed by atoms with Gasteiger partial charge in [0.15, 0.2) is 0 Å². The van der Waals surface area contributed by atoms with Gasteiger partial charge in [-0.3, -0.25) is 5.32 Å². The molecule has 2 amide bonds. The van der Waals surface area contributed by atoms with E-state index in [4.69, 9.17) is 5.11 Å². The van der Waals surface area contributed by atoms with Crippen LogP contribution in [0, 0.1) is 13.8 Å². The van der Waals surface area contributed by atoms with E-state index in [1.165, 1.54) is 0 Å². The van der Waals surface area contributed by atoms with Crippen molar-refractivity contribution in [2.45, 2.75) is 20.3 Å². The Labute approximate surface area is 106 Å². The van der Waals surface area contributed by atoms with Crippen molar-refractivity contribution in [1.29, 1.82) is 0 Å². The zero-order valence-corrected chi connectivity index (χ0v) is 10.5. The van der Waals surface area contributed by atoms with Gasteiger partial charge in [0.2, 0.25) is 0 Å². The predicted molar refractivity (Wildman–Crippen MR) is 63.8 cm³/mol. The van der Waals surface area contributed by atoms with Gasteiger partial charge in [-0.15, -0.1) is 11.3 Å². The lowest BCUT2D eigenvalue weighted by Crippen LogP contribution is -2.32. The van der Waals surface area contributed by atoms with Gasteiger partial charge in [0, 0.05) is 4.88 Å². The summed E-state index contributed by atoms with van der Waals surface area (Å²) in [4.78, 5) is 23.0. The Morgan fingerprint density at radius 3 is 2.50 bits per heavy atom. The number of hydrogen-bond donors (Lipinski definition) is 3. The molecule has 3 N–H and O–H groups in total. The molecular weight excluding hydrogens is 266 g/mol. The van der Waals surface area contributed by atoms with Crippen LogP contribution >= 0.6 is 11.3 Å². The third kappa shape index (κ3) is 3.39. The number of amides is 2. The summed E-state index contributed by atoms with van der Waals surface area (Å²) in [7, 11) is 0. The highest BCUT2D eigenvalue weighted by molar-refractivity contribution is 7.16. The number of carbonyl (C=O) groups is 2. The second kappa shape index (κ2) is 5.76. The lowest BCUT2D eigenvalue weighted by molar-refractivity contribution is 0.0697. The van der Waals surface area contributed by atoms with Crippen molar-refractivity contribution in [3.63, 3.8) is 0 Å². The number of carbonyl (C=O) groups excluding carboxylic acids is 1. The maximum absolute atomic E-state index is 11.9. The Bertz CT molecular complexity index is 474. The number of halogens is 2. The van der Waals surface area contributed by atoms with Crippen LogP contribution in [0.15, 0.2) is 0 Å². The average molecular weight is 278 g/mol. The fourth-order valence-electron chi connectivity index (χ4n) is 1.29. The topological polar surface area (TPSA) is 78.4 Å². The highest BCUT2D eigenvalue weighted by Crippen LogP contribution is 2.32. The molecule has 1 heterocycles. The number of alkyl halides is 2. The standard InChI is InChI=1S/C10H12F2N2O3S/c1-4-5(2)18-8(7(4)9(15)16)14-10(17)13-3-6(11)12/h6H,3H2,1-2H3,(H,15,16)(H2,13,14,17). The van der Waals surface area contributed by atoms with E-state index < -0.39 is 25.0 Å². The first-order valence-corrected chi connectivity index (χ1v) is 5.80. The molecule has 18 heavy (non-hydrogen) atoms. The molecule has 0 fully saturated rings. The number of nitrogens with one attached hydrogen (secondary N) is 2. The molecule has 0 atom stereocenters. The highest BCUT2D eigenvalue weighted by atomic mass is 32.1. The molecule has 0 aliphatic heterocycles. The van der Waals surface area contributed by atoms with Crippen LogP contribution in [-0.4, -0.2) is 30.1 Å². The predicted octanol–water partition coefficient (Wildman–Crippen LogP) is 2.45. The summed E-state index contributed by atoms with van der Waals surface area (Å²) < 4.78 is 23.8. The number of carboxylic acid groups (broad SMARTS) is 1. The lowest BCUT2D eigenvalue weighted by Gasteiger charge is -2.06. The van der Waals surface area contributed by atoms with Gasteiger partial charge >= 0.3 is 12.0 Å². The van der Waals surface area contributed by atoms with Gasteiger partial charge < -0.3 is 10.4 Å². The molecule has 1 aromatic heterocycles. The number of carboxylic acids is 1. The molecular formula is C10H12F2N2O3S. The number of anilines is 1. The zero-order chi connectivity index (χ0) is 13.9. The first-order chi connectivity index (χ1) is 8.32. The van der Waals surface area contributed by atoms with E-state index in [0.717, 1.165) is 16.2 Å². The minimum Gasteiger partial charge on any atom is -0.478 e. The molecule has 0 aromatic carbocycles. The fraction of sp³-hybridized carbons (Fsp3) is 0.400. The molecule has 1 rings (SSSR count). The molecule has 0 spiro atoms. The van der Waals surface area contributed by atoms with E-state index in [9.17, 15) is 18.4 Å². The van der Waals surface area contributed by atoms with Gasteiger partial charge in [-0.2, -0.15) is 0 Å². The highest BCUT2D eigenvalue weighted by Gasteiger charge is 2.20. The second-order valence-electron chi connectivity index (χ2n) is 3.52. The van der Waals surface area contributed by atoms with Crippen LogP contribution < -0.4 is 10.6 Å². The molecule has 100 valence electrons. The summed E-state index contributed by atoms with van der Waals surface area (Å²) in [5.41, 5.74) is 0.543. The number of thiophene rings is 1. The van der Waals surface area contributed by atoms with Crippen molar-refractivity contribution in [2.24, 2.45) is 0 Å². The van der Waals surface area contributed by atoms with Gasteiger partial charge in [-0.05, 0) is 19.4 Å². The first kappa shape index (κ1) is 14.4. The molecule has 0 aliphatic carbocycles. The number of aryl methyl sites for hydroxylation is 1. The van der Waals surface area contributed by atoms with E-state index >= 15 is 0 Å². The van der Waals surface area contributed by atoms with Crippen LogP contribution in [0.25, 0.3) is 0 Å². The summed E-state index contributed by atoms with van der Waals surface area (Å²) in [6.07, 6.45) is -2.65. The molecule has 1 aromatic rings. The van der Waals surface area contributed by atoms with E-state index in [1.807, 2.05) is 5.32 Å². The summed E-state index contributed by atoms with van der Waals surface area (Å²) >= 11 is 1.09. The number of rotatable bonds is 4. The Balaban J connectivity index is 2.81. The van der Waals surface area contributed by atoms with Gasteiger partial charge in [0.05, 0.1) is 12.1 Å². The van der Waals surface area contributed by atoms with Crippen LogP contribution in [0.4, 0.5) is 18.6 Å². The monoisotopic (exact) mass is 278 g/mol. The van der Waals surface area contributed by atoms with Gasteiger partial charge in [0.25, 0.3) is 6.43 Å². The van der Waals surface area contributed by atoms with Gasteiger partial charge in [0.1, 0.15) is 5.00 Å². The third-order valence-electron chi connectivity index (χ3n) is 2.24. The lowest BCUT2D eigenvalue weighted by atomic mass is 10.1. The van der Waals surface area contributed by atoms with E-state index in [-0.39, 0.29) is 10.6 Å². The average Bonchev–Trinajstić information content (AvgIpc) is 2.51. The number of hydrogen-bond acceptors (Lipinski definition) is 3. The Kier molecular flexibility index (Phi) is 4.60. The normalized spacial score (nSPS) is 10.5. The molecule has 0 saturated carbocycles. The summed E-state index contributed by atoms with van der Waals surface area (Å²) in [6, 6.07) is -0.848. The quantitative estimate of drug-likeness (QED) is 0.791. The SMILES string of the molecule is Cc1sc(NC(=O)NCC(F)F)c(C(=O)O)c1C. The zero-order valence-electron chi connectivity index (χ0n) is 9.71. The Hall–Kier alpha value is -1.70. The summed E-state index contributed by atoms with van der Waals surface area (Å²) in [5.74, 6) is -1.17. The van der Waals surface area contributed by atoms with Crippen LogP contribution in [0.5, 0.6) is 0 Å². The minimum absolute atomic E-state index is 0.00954. The molecule has 0 aliphatic rings. The number of urea groups is 1. The van der Waals surface area contributed by atoms with E-state index in [0.29, 0.717) is 5.56 Å². The van der Waals surface area contributed by atoms with Gasteiger partial charge in [-0.1, -0.05) is 0 Å². The van der Waals surface area contributed by atoms with Crippen LogP contribution in [-0.2, 0) is 0 Å². The van der Waals surface area contributed by atoms with E-state index in [1.54, 1.807) is 13.8 Å². The van der Waals surface area contributed by atoms with Crippen molar-refractivity contribution in [3.05, 3.63) is 16.0 Å². The van der Waals surface area contributed by atoms with E-state index in [2.05, 4.69) is 5.32 Å². The van der Waals surface area contributed by atoms with Crippen molar-refractivity contribution >= 4 is 28.3 Å². The number of aromatic carboxylic acids is 1. The van der Waals surface area contributed by atoms with Crippen molar-refractivity contribution in [3.8, 4) is 0 Å². The molecule has 8 heteroatoms. The van der Waals surface area contributed by atoms with Crippen molar-refractivity contribution in [1.82, 2.24) is 5.32 Å². The first-order valence-electron chi connectivity index (χ1n) is 4.99. The maximum atomic E-state index is 11.9. The molecule has 0 saturated heterocycles. The van der Waals surface area contributed by atoms with Crippen molar-refractivity contribution < 1.29 is 23.5 Å². The third-order valence-corrected chi connectivity index (χ3v) is 3.37. The molecule has 0 bridgehead atoms. The molecule has 5 nitrogen and oxygen atoms in total. The molecule has 0 radical (unpaired) electrons. The fourth-order valence-corrected chi connectivity index (χ4v) is 2.34. The van der Waals surface area contributed by atoms with Crippen LogP contribution in [0.3, 0.4) is 0 Å². The van der Waals surface area contributed by atoms with Gasteiger partial charge in [-0.25, -0.2) is 18.4 Å². The minimum atomic E-state index is -2.65. The molecule has 0 unspecified atom stereocenters. The second-order valence-corrected chi connectivity index (χ2v) is 4.74.